The number of hydrogen-bond donors (Lipinski definition) is 0. The summed E-state index contributed by atoms with van der Waals surface area (Å²) in [7, 11) is 0. The molecular formula is C44H34. The first-order valence-electron chi connectivity index (χ1n) is 16.0. The van der Waals surface area contributed by atoms with Gasteiger partial charge in [-0.1, -0.05) is 149 Å². The minimum absolute atomic E-state index is 0.369. The molecule has 0 bridgehead atoms. The van der Waals surface area contributed by atoms with E-state index in [4.69, 9.17) is 0 Å². The Bertz CT molecular complexity index is 2470. The van der Waals surface area contributed by atoms with Crippen molar-refractivity contribution in [1.82, 2.24) is 0 Å². The van der Waals surface area contributed by atoms with Crippen molar-refractivity contribution in [3.8, 4) is 0 Å². The molecule has 0 fully saturated rings. The topological polar surface area (TPSA) is 0 Å². The molecule has 0 spiro atoms. The molecule has 0 heterocycles. The Balaban J connectivity index is 1.75. The fraction of sp³-hybridized carbons (Fsp3) is 0.136. The van der Waals surface area contributed by atoms with Gasteiger partial charge in [-0.25, -0.2) is 0 Å². The van der Waals surface area contributed by atoms with E-state index in [1.165, 1.54) is 97.3 Å². The van der Waals surface area contributed by atoms with Gasteiger partial charge in [0.25, 0.3) is 0 Å². The van der Waals surface area contributed by atoms with Crippen LogP contribution in [0.15, 0.2) is 121 Å². The predicted molar refractivity (Wildman–Crippen MR) is 195 cm³/mol. The average molecular weight is 563 g/mol. The van der Waals surface area contributed by atoms with Gasteiger partial charge < -0.3 is 0 Å². The van der Waals surface area contributed by atoms with Crippen LogP contribution in [0.3, 0.4) is 0 Å². The Kier molecular flexibility index (Phi) is 5.39. The number of hydrogen-bond acceptors (Lipinski definition) is 0. The highest BCUT2D eigenvalue weighted by Gasteiger charge is 2.24. The second kappa shape index (κ2) is 9.28. The maximum atomic E-state index is 2.43. The van der Waals surface area contributed by atoms with E-state index in [1.54, 1.807) is 0 Å². The molecule has 210 valence electrons. The van der Waals surface area contributed by atoms with Gasteiger partial charge in [0.2, 0.25) is 0 Å². The summed E-state index contributed by atoms with van der Waals surface area (Å²) in [6, 6.07) is 45.8. The maximum absolute atomic E-state index is 2.43. The predicted octanol–water partition coefficient (Wildman–Crippen LogP) is 13.2. The fourth-order valence-corrected chi connectivity index (χ4v) is 8.38. The fourth-order valence-electron chi connectivity index (χ4n) is 8.38. The lowest BCUT2D eigenvalue weighted by atomic mass is 9.78. The molecule has 0 aliphatic heterocycles. The molecule has 0 aromatic heterocycles. The second-order valence-corrected chi connectivity index (χ2v) is 13.2. The van der Waals surface area contributed by atoms with Gasteiger partial charge in [0.05, 0.1) is 0 Å². The van der Waals surface area contributed by atoms with E-state index in [9.17, 15) is 0 Å². The Labute approximate surface area is 257 Å². The van der Waals surface area contributed by atoms with Crippen molar-refractivity contribution >= 4 is 86.2 Å². The van der Waals surface area contributed by atoms with Gasteiger partial charge in [-0.15, -0.1) is 0 Å². The lowest BCUT2D eigenvalue weighted by Crippen LogP contribution is -2.01. The minimum atomic E-state index is 0.369. The second-order valence-electron chi connectivity index (χ2n) is 13.2. The molecule has 0 heteroatoms. The van der Waals surface area contributed by atoms with Crippen molar-refractivity contribution < 1.29 is 0 Å². The number of benzene rings is 9. The van der Waals surface area contributed by atoms with Gasteiger partial charge in [0.1, 0.15) is 0 Å². The highest BCUT2D eigenvalue weighted by Crippen LogP contribution is 2.50. The highest BCUT2D eigenvalue weighted by molar-refractivity contribution is 6.42. The van der Waals surface area contributed by atoms with E-state index in [0.717, 1.165) is 0 Å². The quantitative estimate of drug-likeness (QED) is 0.145. The highest BCUT2D eigenvalue weighted by atomic mass is 14.3. The molecule has 0 saturated carbocycles. The molecule has 0 radical (unpaired) electrons. The molecule has 9 aromatic rings. The van der Waals surface area contributed by atoms with Crippen molar-refractivity contribution in [3.63, 3.8) is 0 Å². The van der Waals surface area contributed by atoms with Crippen molar-refractivity contribution in [2.75, 3.05) is 0 Å². The summed E-state index contributed by atoms with van der Waals surface area (Å²) in [4.78, 5) is 0. The van der Waals surface area contributed by atoms with Crippen LogP contribution < -0.4 is 0 Å². The van der Waals surface area contributed by atoms with E-state index >= 15 is 0 Å². The van der Waals surface area contributed by atoms with E-state index in [2.05, 4.69) is 149 Å². The Morgan fingerprint density at radius 3 is 1.02 bits per heavy atom. The Morgan fingerprint density at radius 1 is 0.273 bits per heavy atom. The van der Waals surface area contributed by atoms with Crippen LogP contribution in [0.5, 0.6) is 0 Å². The van der Waals surface area contributed by atoms with Crippen LogP contribution in [0, 0.1) is 0 Å². The van der Waals surface area contributed by atoms with Gasteiger partial charge in [-0.2, -0.15) is 0 Å². The standard InChI is InChI=1S/C44H34/c1-25(2)37-33-15-9-10-16-34(33)38(26(3)4)42-36-24-22-30-20-18-28-12-6-8-14-32(28)40(30)44(36)43-35(41(37)42)23-21-29-19-17-27-11-5-7-13-31(27)39(29)43/h5-26H,1-4H3. The van der Waals surface area contributed by atoms with Crippen LogP contribution in [0.25, 0.3) is 86.2 Å². The van der Waals surface area contributed by atoms with Crippen LogP contribution in [-0.2, 0) is 0 Å². The van der Waals surface area contributed by atoms with E-state index in [1.807, 2.05) is 0 Å². The van der Waals surface area contributed by atoms with Crippen LogP contribution in [0.1, 0.15) is 50.7 Å². The summed E-state index contributed by atoms with van der Waals surface area (Å²) in [5.41, 5.74) is 2.93. The Hall–Kier alpha value is -4.94. The molecule has 9 aromatic carbocycles. The first kappa shape index (κ1) is 25.5. The van der Waals surface area contributed by atoms with Gasteiger partial charge in [-0.05, 0) is 109 Å². The lowest BCUT2D eigenvalue weighted by molar-refractivity contribution is 0.874. The van der Waals surface area contributed by atoms with Crippen LogP contribution in [0.2, 0.25) is 0 Å². The zero-order valence-electron chi connectivity index (χ0n) is 25.7. The first-order chi connectivity index (χ1) is 21.5. The molecule has 0 atom stereocenters. The average Bonchev–Trinajstić information content (AvgIpc) is 3.05. The van der Waals surface area contributed by atoms with Crippen molar-refractivity contribution in [3.05, 3.63) is 132 Å². The molecule has 44 heavy (non-hydrogen) atoms. The molecule has 0 amide bonds. The van der Waals surface area contributed by atoms with Gasteiger partial charge >= 0.3 is 0 Å². The van der Waals surface area contributed by atoms with Crippen molar-refractivity contribution in [2.45, 2.75) is 39.5 Å². The van der Waals surface area contributed by atoms with Crippen molar-refractivity contribution in [2.24, 2.45) is 0 Å². The zero-order valence-corrected chi connectivity index (χ0v) is 25.7. The summed E-state index contributed by atoms with van der Waals surface area (Å²) >= 11 is 0. The molecule has 0 aliphatic carbocycles. The maximum Gasteiger partial charge on any atom is -0.000753 e. The SMILES string of the molecule is CC(C)c1c2ccccc2c(C(C)C)c2c3ccc4ccc5ccccc5c4c3c3c(ccc4ccc5ccccc5c43)c12. The first-order valence-corrected chi connectivity index (χ1v) is 16.0. The summed E-state index contributed by atoms with van der Waals surface area (Å²) in [6.45, 7) is 9.49. The van der Waals surface area contributed by atoms with E-state index in [0.29, 0.717) is 11.8 Å². The lowest BCUT2D eigenvalue weighted by Gasteiger charge is -2.25. The third-order valence-electron chi connectivity index (χ3n) is 10.1. The minimum Gasteiger partial charge on any atom is -0.0616 e. The smallest absolute Gasteiger partial charge is 0.000753 e. The van der Waals surface area contributed by atoms with Crippen LogP contribution in [-0.4, -0.2) is 0 Å². The molecule has 0 N–H and O–H groups in total. The zero-order chi connectivity index (χ0) is 29.7. The van der Waals surface area contributed by atoms with E-state index in [-0.39, 0.29) is 0 Å². The third-order valence-corrected chi connectivity index (χ3v) is 10.1. The molecule has 9 rings (SSSR count). The number of fused-ring (bicyclic) bond motifs is 15. The number of rotatable bonds is 2. The molecule has 0 aliphatic rings. The van der Waals surface area contributed by atoms with E-state index < -0.39 is 0 Å². The molecule has 0 nitrogen and oxygen atoms in total. The Morgan fingerprint density at radius 2 is 0.614 bits per heavy atom. The van der Waals surface area contributed by atoms with Crippen molar-refractivity contribution in [1.29, 1.82) is 0 Å². The van der Waals surface area contributed by atoms with Crippen LogP contribution in [0.4, 0.5) is 0 Å². The normalized spacial score (nSPS) is 12.5. The molecular weight excluding hydrogens is 528 g/mol. The largest absolute Gasteiger partial charge is 0.0616 e. The van der Waals surface area contributed by atoms with Gasteiger partial charge in [0.15, 0.2) is 0 Å². The summed E-state index contributed by atoms with van der Waals surface area (Å²) < 4.78 is 0. The summed E-state index contributed by atoms with van der Waals surface area (Å²) in [6.07, 6.45) is 0. The van der Waals surface area contributed by atoms with Gasteiger partial charge in [-0.3, -0.25) is 0 Å². The summed E-state index contributed by atoms with van der Waals surface area (Å²) in [5, 5.41) is 21.7. The molecule has 0 unspecified atom stereocenters. The molecule has 0 saturated heterocycles. The van der Waals surface area contributed by atoms with Crippen LogP contribution >= 0.6 is 0 Å². The third kappa shape index (κ3) is 3.34. The van der Waals surface area contributed by atoms with Gasteiger partial charge in [0, 0.05) is 0 Å². The monoisotopic (exact) mass is 562 g/mol. The summed E-state index contributed by atoms with van der Waals surface area (Å²) in [5.74, 6) is 0.738.